The van der Waals surface area contributed by atoms with E-state index in [-0.39, 0.29) is 0 Å². The van der Waals surface area contributed by atoms with E-state index in [2.05, 4.69) is 4.98 Å². The van der Waals surface area contributed by atoms with Gasteiger partial charge in [-0.3, -0.25) is 0 Å². The highest BCUT2D eigenvalue weighted by atomic mass is 32.1. The first-order valence-corrected chi connectivity index (χ1v) is 4.32. The zero-order valence-corrected chi connectivity index (χ0v) is 7.39. The molecule has 0 amide bonds. The Bertz CT molecular complexity index is 410. The van der Waals surface area contributed by atoms with Crippen molar-refractivity contribution < 1.29 is 4.74 Å². The Morgan fingerprint density at radius 3 is 3.00 bits per heavy atom. The van der Waals surface area contributed by atoms with Gasteiger partial charge in [0.25, 0.3) is 5.19 Å². The van der Waals surface area contributed by atoms with E-state index in [1.54, 1.807) is 7.11 Å². The van der Waals surface area contributed by atoms with E-state index in [1.165, 1.54) is 11.3 Å². The van der Waals surface area contributed by atoms with Gasteiger partial charge in [0.2, 0.25) is 0 Å². The molecule has 2 N–H and O–H groups in total. The van der Waals surface area contributed by atoms with Crippen LogP contribution in [0.4, 0.5) is 5.69 Å². The quantitative estimate of drug-likeness (QED) is 0.682. The Morgan fingerprint density at radius 2 is 2.33 bits per heavy atom. The maximum absolute atomic E-state index is 5.74. The molecule has 0 aliphatic rings. The molecule has 0 spiro atoms. The molecule has 1 aromatic heterocycles. The Balaban J connectivity index is 2.74. The van der Waals surface area contributed by atoms with Crippen LogP contribution in [0.1, 0.15) is 0 Å². The Morgan fingerprint density at radius 1 is 1.50 bits per heavy atom. The average molecular weight is 180 g/mol. The van der Waals surface area contributed by atoms with Crippen molar-refractivity contribution in [2.24, 2.45) is 0 Å². The van der Waals surface area contributed by atoms with E-state index in [4.69, 9.17) is 10.5 Å². The summed E-state index contributed by atoms with van der Waals surface area (Å²) in [5.74, 6) is 0. The fourth-order valence-electron chi connectivity index (χ4n) is 1.04. The monoisotopic (exact) mass is 180 g/mol. The van der Waals surface area contributed by atoms with Crippen LogP contribution in [0.25, 0.3) is 10.2 Å². The van der Waals surface area contributed by atoms with Crippen LogP contribution in [-0.2, 0) is 0 Å². The van der Waals surface area contributed by atoms with E-state index in [9.17, 15) is 0 Å². The smallest absolute Gasteiger partial charge is 0.274 e. The molecule has 12 heavy (non-hydrogen) atoms. The summed E-state index contributed by atoms with van der Waals surface area (Å²) in [6.45, 7) is 0. The molecule has 0 fully saturated rings. The largest absolute Gasteiger partial charge is 0.473 e. The number of hydrogen-bond donors (Lipinski definition) is 1. The molecular weight excluding hydrogens is 172 g/mol. The molecule has 0 radical (unpaired) electrons. The first kappa shape index (κ1) is 7.36. The Kier molecular flexibility index (Phi) is 1.62. The Labute approximate surface area is 73.8 Å². The molecule has 2 aromatic rings. The molecule has 2 rings (SSSR count). The number of aromatic nitrogens is 1. The van der Waals surface area contributed by atoms with Crippen molar-refractivity contribution >= 4 is 27.2 Å². The maximum Gasteiger partial charge on any atom is 0.274 e. The number of nitrogens with two attached hydrogens (primary N) is 1. The SMILES string of the molecule is COc1nc2cccc(N)c2s1. The molecule has 1 heterocycles. The minimum atomic E-state index is 0.655. The topological polar surface area (TPSA) is 48.1 Å². The van der Waals surface area contributed by atoms with Crippen LogP contribution >= 0.6 is 11.3 Å². The number of anilines is 1. The van der Waals surface area contributed by atoms with Crippen LogP contribution in [0, 0.1) is 0 Å². The number of thiazole rings is 1. The summed E-state index contributed by atoms with van der Waals surface area (Å²) >= 11 is 1.47. The van der Waals surface area contributed by atoms with Crippen LogP contribution < -0.4 is 10.5 Å². The molecule has 0 aliphatic heterocycles. The van der Waals surface area contributed by atoms with Crippen LogP contribution in [-0.4, -0.2) is 12.1 Å². The number of nitrogen functional groups attached to an aromatic ring is 1. The van der Waals surface area contributed by atoms with Gasteiger partial charge in [0, 0.05) is 0 Å². The zero-order chi connectivity index (χ0) is 8.55. The summed E-state index contributed by atoms with van der Waals surface area (Å²) in [6.07, 6.45) is 0. The minimum Gasteiger partial charge on any atom is -0.473 e. The lowest BCUT2D eigenvalue weighted by molar-refractivity contribution is 0.413. The van der Waals surface area contributed by atoms with Crippen molar-refractivity contribution in [2.75, 3.05) is 12.8 Å². The highest BCUT2D eigenvalue weighted by Gasteiger charge is 2.04. The van der Waals surface area contributed by atoms with Gasteiger partial charge in [0.1, 0.15) is 0 Å². The Hall–Kier alpha value is -1.29. The summed E-state index contributed by atoms with van der Waals surface area (Å²) in [5, 5.41) is 0.655. The lowest BCUT2D eigenvalue weighted by Gasteiger charge is -1.90. The zero-order valence-electron chi connectivity index (χ0n) is 6.57. The van der Waals surface area contributed by atoms with Gasteiger partial charge in [0.15, 0.2) is 0 Å². The number of hydrogen-bond acceptors (Lipinski definition) is 4. The van der Waals surface area contributed by atoms with E-state index in [0.717, 1.165) is 15.9 Å². The molecular formula is C8H8N2OS. The molecule has 4 heteroatoms. The third kappa shape index (κ3) is 1.00. The number of rotatable bonds is 1. The van der Waals surface area contributed by atoms with E-state index in [1.807, 2.05) is 18.2 Å². The highest BCUT2D eigenvalue weighted by Crippen LogP contribution is 2.31. The molecule has 3 nitrogen and oxygen atoms in total. The number of nitrogens with zero attached hydrogens (tertiary/aromatic N) is 1. The van der Waals surface area contributed by atoms with Crippen molar-refractivity contribution in [1.82, 2.24) is 4.98 Å². The fraction of sp³-hybridized carbons (Fsp3) is 0.125. The van der Waals surface area contributed by atoms with Gasteiger partial charge in [-0.2, -0.15) is 0 Å². The summed E-state index contributed by atoms with van der Waals surface area (Å²) in [5.41, 5.74) is 7.40. The predicted octanol–water partition coefficient (Wildman–Crippen LogP) is 1.89. The van der Waals surface area contributed by atoms with Crippen LogP contribution in [0.15, 0.2) is 18.2 Å². The predicted molar refractivity (Wildman–Crippen MR) is 50.6 cm³/mol. The summed E-state index contributed by atoms with van der Waals surface area (Å²) in [4.78, 5) is 4.21. The third-order valence-electron chi connectivity index (χ3n) is 1.60. The van der Waals surface area contributed by atoms with E-state index < -0.39 is 0 Å². The third-order valence-corrected chi connectivity index (χ3v) is 2.68. The normalized spacial score (nSPS) is 10.4. The highest BCUT2D eigenvalue weighted by molar-refractivity contribution is 7.20. The first-order chi connectivity index (χ1) is 5.81. The van der Waals surface area contributed by atoms with E-state index >= 15 is 0 Å². The van der Waals surface area contributed by atoms with Crippen molar-refractivity contribution in [1.29, 1.82) is 0 Å². The lowest BCUT2D eigenvalue weighted by Crippen LogP contribution is -1.82. The second-order valence-electron chi connectivity index (χ2n) is 2.38. The fourth-order valence-corrected chi connectivity index (χ4v) is 1.84. The minimum absolute atomic E-state index is 0.655. The van der Waals surface area contributed by atoms with Crippen LogP contribution in [0.2, 0.25) is 0 Å². The molecule has 0 bridgehead atoms. The second-order valence-corrected chi connectivity index (χ2v) is 3.34. The summed E-state index contributed by atoms with van der Waals surface area (Å²) in [6, 6.07) is 5.67. The number of fused-ring (bicyclic) bond motifs is 1. The number of ether oxygens (including phenoxy) is 1. The van der Waals surface area contributed by atoms with Gasteiger partial charge in [-0.15, -0.1) is 0 Å². The van der Waals surface area contributed by atoms with Crippen molar-refractivity contribution in [3.8, 4) is 5.19 Å². The first-order valence-electron chi connectivity index (χ1n) is 3.50. The standard InChI is InChI=1S/C8H8N2OS/c1-11-8-10-6-4-2-3-5(9)7(6)12-8/h2-4H,9H2,1H3. The van der Waals surface area contributed by atoms with Gasteiger partial charge in [0.05, 0.1) is 23.0 Å². The second kappa shape index (κ2) is 2.64. The molecule has 1 aromatic carbocycles. The van der Waals surface area contributed by atoms with Gasteiger partial charge >= 0.3 is 0 Å². The van der Waals surface area contributed by atoms with Crippen molar-refractivity contribution in [2.45, 2.75) is 0 Å². The molecule has 0 saturated carbocycles. The molecule has 0 atom stereocenters. The lowest BCUT2D eigenvalue weighted by atomic mass is 10.3. The van der Waals surface area contributed by atoms with Gasteiger partial charge in [-0.1, -0.05) is 17.4 Å². The van der Waals surface area contributed by atoms with Crippen molar-refractivity contribution in [3.63, 3.8) is 0 Å². The van der Waals surface area contributed by atoms with Crippen molar-refractivity contribution in [3.05, 3.63) is 18.2 Å². The van der Waals surface area contributed by atoms with Gasteiger partial charge in [-0.05, 0) is 12.1 Å². The molecule has 0 saturated heterocycles. The summed E-state index contributed by atoms with van der Waals surface area (Å²) < 4.78 is 6.00. The number of methoxy groups -OCH3 is 1. The van der Waals surface area contributed by atoms with E-state index in [0.29, 0.717) is 5.19 Å². The maximum atomic E-state index is 5.74. The average Bonchev–Trinajstić information content (AvgIpc) is 2.49. The van der Waals surface area contributed by atoms with Crippen LogP contribution in [0.5, 0.6) is 5.19 Å². The van der Waals surface area contributed by atoms with Crippen LogP contribution in [0.3, 0.4) is 0 Å². The van der Waals surface area contributed by atoms with Gasteiger partial charge < -0.3 is 10.5 Å². The molecule has 0 aliphatic carbocycles. The molecule has 0 unspecified atom stereocenters. The molecule has 62 valence electrons. The number of benzene rings is 1. The van der Waals surface area contributed by atoms with Gasteiger partial charge in [-0.25, -0.2) is 4.98 Å². The summed E-state index contributed by atoms with van der Waals surface area (Å²) in [7, 11) is 1.61.